The molecule has 0 aliphatic carbocycles. The van der Waals surface area contributed by atoms with Crippen molar-refractivity contribution in [2.24, 2.45) is 0 Å². The number of amides is 1. The van der Waals surface area contributed by atoms with Gasteiger partial charge < -0.3 is 30.2 Å². The molecule has 0 bridgehead atoms. The fraction of sp³-hybridized carbons (Fsp3) is 0.238. The van der Waals surface area contributed by atoms with Gasteiger partial charge in [0.2, 0.25) is 5.75 Å². The smallest absolute Gasteiger partial charge is 0.255 e. The van der Waals surface area contributed by atoms with Crippen molar-refractivity contribution >= 4 is 40.5 Å². The third kappa shape index (κ3) is 4.29. The van der Waals surface area contributed by atoms with Gasteiger partial charge in [-0.3, -0.25) is 4.79 Å². The molecule has 30 heavy (non-hydrogen) atoms. The summed E-state index contributed by atoms with van der Waals surface area (Å²) < 4.78 is 16.3. The molecule has 0 spiro atoms. The third-order valence-electron chi connectivity index (χ3n) is 4.66. The van der Waals surface area contributed by atoms with Crippen LogP contribution in [-0.4, -0.2) is 32.3 Å². The predicted molar refractivity (Wildman–Crippen MR) is 120 cm³/mol. The van der Waals surface area contributed by atoms with Crippen LogP contribution in [0.2, 0.25) is 5.02 Å². The van der Waals surface area contributed by atoms with E-state index in [1.165, 1.54) is 21.3 Å². The second-order valence-electron chi connectivity index (χ2n) is 6.46. The van der Waals surface area contributed by atoms with E-state index in [1.54, 1.807) is 43.3 Å². The number of thiocarbonyl (C=S) groups is 1. The Morgan fingerprint density at radius 2 is 1.73 bits per heavy atom. The van der Waals surface area contributed by atoms with Gasteiger partial charge in [0.25, 0.3) is 5.91 Å². The zero-order valence-corrected chi connectivity index (χ0v) is 18.5. The van der Waals surface area contributed by atoms with Crippen molar-refractivity contribution in [2.45, 2.75) is 13.0 Å². The second-order valence-corrected chi connectivity index (χ2v) is 7.28. The maximum Gasteiger partial charge on any atom is 0.255 e. The van der Waals surface area contributed by atoms with Gasteiger partial charge >= 0.3 is 0 Å². The first-order chi connectivity index (χ1) is 14.4. The molecule has 3 rings (SSSR count). The molecule has 1 amide bonds. The van der Waals surface area contributed by atoms with Crippen LogP contribution in [-0.2, 0) is 4.79 Å². The number of hydrogen-bond donors (Lipinski definition) is 3. The fourth-order valence-corrected chi connectivity index (χ4v) is 3.72. The van der Waals surface area contributed by atoms with Crippen LogP contribution >= 0.6 is 23.8 Å². The molecule has 7 nitrogen and oxygen atoms in total. The van der Waals surface area contributed by atoms with Crippen molar-refractivity contribution in [3.8, 4) is 17.2 Å². The van der Waals surface area contributed by atoms with Gasteiger partial charge in [0.15, 0.2) is 16.6 Å². The summed E-state index contributed by atoms with van der Waals surface area (Å²) in [6.45, 7) is 1.79. The predicted octanol–water partition coefficient (Wildman–Crippen LogP) is 3.80. The summed E-state index contributed by atoms with van der Waals surface area (Å²) in [6.07, 6.45) is 0. The molecule has 0 radical (unpaired) electrons. The minimum atomic E-state index is -0.546. The van der Waals surface area contributed by atoms with Crippen LogP contribution < -0.4 is 30.2 Å². The zero-order chi connectivity index (χ0) is 21.8. The molecule has 158 valence electrons. The van der Waals surface area contributed by atoms with Crippen molar-refractivity contribution in [1.29, 1.82) is 0 Å². The Labute approximate surface area is 185 Å². The van der Waals surface area contributed by atoms with Crippen molar-refractivity contribution in [3.63, 3.8) is 0 Å². The van der Waals surface area contributed by atoms with Crippen molar-refractivity contribution in [1.82, 2.24) is 10.6 Å². The van der Waals surface area contributed by atoms with Crippen molar-refractivity contribution < 1.29 is 19.0 Å². The fourth-order valence-electron chi connectivity index (χ4n) is 3.27. The number of anilines is 1. The Bertz CT molecular complexity index is 1000. The molecule has 0 fully saturated rings. The Balaban J connectivity index is 2.06. The van der Waals surface area contributed by atoms with E-state index < -0.39 is 6.04 Å². The summed E-state index contributed by atoms with van der Waals surface area (Å²) in [5.41, 5.74) is 2.32. The van der Waals surface area contributed by atoms with Crippen LogP contribution in [0.3, 0.4) is 0 Å². The van der Waals surface area contributed by atoms with E-state index in [2.05, 4.69) is 16.0 Å². The normalized spacial score (nSPS) is 15.8. The van der Waals surface area contributed by atoms with Gasteiger partial charge in [-0.15, -0.1) is 0 Å². The highest BCUT2D eigenvalue weighted by Gasteiger charge is 2.31. The molecule has 2 aromatic rings. The van der Waals surface area contributed by atoms with Crippen molar-refractivity contribution in [3.05, 3.63) is 58.3 Å². The van der Waals surface area contributed by atoms with Crippen LogP contribution in [0.25, 0.3) is 0 Å². The number of halogens is 1. The van der Waals surface area contributed by atoms with E-state index in [0.29, 0.717) is 44.3 Å². The summed E-state index contributed by atoms with van der Waals surface area (Å²) in [7, 11) is 4.60. The Kier molecular flexibility index (Phi) is 6.69. The van der Waals surface area contributed by atoms with Gasteiger partial charge in [-0.2, -0.15) is 0 Å². The number of benzene rings is 2. The molecule has 3 N–H and O–H groups in total. The number of carbonyl (C=O) groups is 1. The lowest BCUT2D eigenvalue weighted by atomic mass is 9.94. The lowest BCUT2D eigenvalue weighted by Crippen LogP contribution is -2.45. The van der Waals surface area contributed by atoms with E-state index in [0.717, 1.165) is 5.56 Å². The van der Waals surface area contributed by atoms with Gasteiger partial charge in [-0.1, -0.05) is 23.7 Å². The Morgan fingerprint density at radius 1 is 1.10 bits per heavy atom. The molecule has 0 aromatic heterocycles. The standard InChI is InChI=1S/C21H22ClN3O4S/c1-11-17(20(26)24-14-8-6-5-7-13(14)22)18(25-21(30)23-11)12-9-15(27-2)19(29-4)16(10-12)28-3/h5-10,18H,1-4H3,(H,24,26)(H2,23,25,30)/t18-/m0/s1. The number of hydrogen-bond acceptors (Lipinski definition) is 5. The van der Waals surface area contributed by atoms with Gasteiger partial charge in [0.05, 0.1) is 43.7 Å². The lowest BCUT2D eigenvalue weighted by molar-refractivity contribution is -0.113. The van der Waals surface area contributed by atoms with Crippen LogP contribution in [0.15, 0.2) is 47.7 Å². The zero-order valence-electron chi connectivity index (χ0n) is 17.0. The van der Waals surface area contributed by atoms with E-state index in [9.17, 15) is 4.79 Å². The van der Waals surface area contributed by atoms with Crippen LogP contribution in [0, 0.1) is 0 Å². The highest BCUT2D eigenvalue weighted by atomic mass is 35.5. The minimum absolute atomic E-state index is 0.318. The van der Waals surface area contributed by atoms with E-state index in [-0.39, 0.29) is 5.91 Å². The quantitative estimate of drug-likeness (QED) is 0.581. The number of carbonyl (C=O) groups excluding carboxylic acids is 1. The highest BCUT2D eigenvalue weighted by Crippen LogP contribution is 2.41. The first-order valence-corrected chi connectivity index (χ1v) is 9.82. The first kappa shape index (κ1) is 21.7. The molecule has 1 aliphatic rings. The summed E-state index contributed by atoms with van der Waals surface area (Å²) >= 11 is 11.5. The van der Waals surface area contributed by atoms with E-state index >= 15 is 0 Å². The Hall–Kier alpha value is -2.97. The monoisotopic (exact) mass is 447 g/mol. The van der Waals surface area contributed by atoms with Crippen LogP contribution in [0.5, 0.6) is 17.2 Å². The number of nitrogens with one attached hydrogen (secondary N) is 3. The number of methoxy groups -OCH3 is 3. The van der Waals surface area contributed by atoms with E-state index in [1.807, 2.05) is 0 Å². The molecule has 1 aliphatic heterocycles. The van der Waals surface area contributed by atoms with Crippen molar-refractivity contribution in [2.75, 3.05) is 26.6 Å². The third-order valence-corrected chi connectivity index (χ3v) is 5.21. The number of para-hydroxylation sites is 1. The largest absolute Gasteiger partial charge is 0.493 e. The van der Waals surface area contributed by atoms with Gasteiger partial charge in [0, 0.05) is 5.70 Å². The number of allylic oxidation sites excluding steroid dienone is 1. The molecule has 1 atom stereocenters. The van der Waals surface area contributed by atoms with Gasteiger partial charge in [-0.25, -0.2) is 0 Å². The molecule has 0 saturated heterocycles. The maximum absolute atomic E-state index is 13.2. The van der Waals surface area contributed by atoms with Gasteiger partial charge in [0.1, 0.15) is 0 Å². The summed E-state index contributed by atoms with van der Waals surface area (Å²) in [5.74, 6) is 1.09. The summed E-state index contributed by atoms with van der Waals surface area (Å²) in [4.78, 5) is 13.2. The lowest BCUT2D eigenvalue weighted by Gasteiger charge is -2.31. The second kappa shape index (κ2) is 9.23. The molecule has 2 aromatic carbocycles. The molecule has 0 unspecified atom stereocenters. The maximum atomic E-state index is 13.2. The summed E-state index contributed by atoms with van der Waals surface area (Å²) in [5, 5.41) is 9.87. The number of ether oxygens (including phenoxy) is 3. The molecular weight excluding hydrogens is 426 g/mol. The minimum Gasteiger partial charge on any atom is -0.493 e. The van der Waals surface area contributed by atoms with Crippen LogP contribution in [0.4, 0.5) is 5.69 Å². The molecule has 1 heterocycles. The SMILES string of the molecule is COc1cc([C@@H]2NC(=S)NC(C)=C2C(=O)Nc2ccccc2Cl)cc(OC)c1OC. The highest BCUT2D eigenvalue weighted by molar-refractivity contribution is 7.80. The molecule has 0 saturated carbocycles. The summed E-state index contributed by atoms with van der Waals surface area (Å²) in [6, 6.07) is 10.1. The molecule has 9 heteroatoms. The Morgan fingerprint density at radius 3 is 2.30 bits per heavy atom. The average molecular weight is 448 g/mol. The van der Waals surface area contributed by atoms with Gasteiger partial charge in [-0.05, 0) is 49.0 Å². The number of rotatable bonds is 6. The van der Waals surface area contributed by atoms with Crippen LogP contribution in [0.1, 0.15) is 18.5 Å². The average Bonchev–Trinajstić information content (AvgIpc) is 2.73. The molecular formula is C21H22ClN3O4S. The van der Waals surface area contributed by atoms with E-state index in [4.69, 9.17) is 38.0 Å². The topological polar surface area (TPSA) is 80.9 Å². The first-order valence-electron chi connectivity index (χ1n) is 9.03.